The van der Waals surface area contributed by atoms with Crippen LogP contribution >= 0.6 is 28.1 Å². The number of nitrogens with two attached hydrogens (primary N) is 1. The van der Waals surface area contributed by atoms with E-state index in [9.17, 15) is 8.78 Å². The van der Waals surface area contributed by atoms with E-state index in [0.717, 1.165) is 6.07 Å². The molecular formula is C12H8BrF2N3S. The summed E-state index contributed by atoms with van der Waals surface area (Å²) in [7, 11) is 0. The van der Waals surface area contributed by atoms with Gasteiger partial charge in [-0.3, -0.25) is 4.98 Å². The largest absolute Gasteiger partial charge is 0.388 e. The lowest BCUT2D eigenvalue weighted by Crippen LogP contribution is -2.11. The predicted octanol–water partition coefficient (Wildman–Crippen LogP) is 3.50. The normalized spacial score (nSPS) is 10.3. The quantitative estimate of drug-likeness (QED) is 0.661. The average Bonchev–Trinajstić information content (AvgIpc) is 2.36. The van der Waals surface area contributed by atoms with E-state index in [1.165, 1.54) is 12.3 Å². The highest BCUT2D eigenvalue weighted by Crippen LogP contribution is 2.26. The van der Waals surface area contributed by atoms with Gasteiger partial charge < -0.3 is 11.1 Å². The number of nitrogens with zero attached hydrogens (tertiary/aromatic N) is 1. The molecule has 1 aromatic heterocycles. The fraction of sp³-hybridized carbons (Fsp3) is 0. The first-order chi connectivity index (χ1) is 8.97. The van der Waals surface area contributed by atoms with Crippen LogP contribution in [0.3, 0.4) is 0 Å². The summed E-state index contributed by atoms with van der Waals surface area (Å²) in [6, 6.07) is 5.31. The van der Waals surface area contributed by atoms with Crippen molar-refractivity contribution in [1.29, 1.82) is 0 Å². The first-order valence-electron chi connectivity index (χ1n) is 5.15. The van der Waals surface area contributed by atoms with Gasteiger partial charge in [-0.15, -0.1) is 0 Å². The number of nitrogens with one attached hydrogen (secondary N) is 1. The van der Waals surface area contributed by atoms with Crippen LogP contribution in [0, 0.1) is 11.6 Å². The molecule has 0 saturated carbocycles. The summed E-state index contributed by atoms with van der Waals surface area (Å²) in [5, 5.41) is 2.81. The highest BCUT2D eigenvalue weighted by atomic mass is 79.9. The van der Waals surface area contributed by atoms with Crippen molar-refractivity contribution < 1.29 is 8.78 Å². The minimum atomic E-state index is -0.700. The van der Waals surface area contributed by atoms with Crippen molar-refractivity contribution in [3.8, 4) is 0 Å². The van der Waals surface area contributed by atoms with Crippen molar-refractivity contribution in [1.82, 2.24) is 4.98 Å². The summed E-state index contributed by atoms with van der Waals surface area (Å²) in [5.74, 6) is -1.36. The Bertz CT molecular complexity index is 649. The molecule has 2 aromatic rings. The maximum absolute atomic E-state index is 13.6. The third-order valence-corrected chi connectivity index (χ3v) is 3.12. The van der Waals surface area contributed by atoms with Gasteiger partial charge in [0.05, 0.1) is 15.9 Å². The van der Waals surface area contributed by atoms with E-state index in [2.05, 4.69) is 26.2 Å². The third-order valence-electron chi connectivity index (χ3n) is 2.30. The Balaban J connectivity index is 2.33. The predicted molar refractivity (Wildman–Crippen MR) is 77.5 cm³/mol. The SMILES string of the molecule is NC(=S)c1cc(Nc2cc(Br)c(F)cc2F)ccn1. The summed E-state index contributed by atoms with van der Waals surface area (Å²) < 4.78 is 26.9. The monoisotopic (exact) mass is 343 g/mol. The molecule has 0 fully saturated rings. The maximum atomic E-state index is 13.6. The molecule has 3 nitrogen and oxygen atoms in total. The van der Waals surface area contributed by atoms with Crippen LogP contribution in [0.5, 0.6) is 0 Å². The Hall–Kier alpha value is -1.60. The van der Waals surface area contributed by atoms with Crippen LogP contribution in [-0.2, 0) is 0 Å². The molecule has 0 aliphatic carbocycles. The number of benzene rings is 1. The van der Waals surface area contributed by atoms with Crippen LogP contribution in [0.2, 0.25) is 0 Å². The van der Waals surface area contributed by atoms with Gasteiger partial charge in [-0.2, -0.15) is 0 Å². The molecule has 98 valence electrons. The van der Waals surface area contributed by atoms with Gasteiger partial charge in [-0.05, 0) is 34.1 Å². The Morgan fingerprint density at radius 3 is 2.68 bits per heavy atom. The molecule has 1 heterocycles. The van der Waals surface area contributed by atoms with Gasteiger partial charge in [0, 0.05) is 18.0 Å². The molecule has 19 heavy (non-hydrogen) atoms. The Morgan fingerprint density at radius 1 is 1.26 bits per heavy atom. The van der Waals surface area contributed by atoms with E-state index in [4.69, 9.17) is 18.0 Å². The molecule has 0 amide bonds. The molecule has 2 rings (SSSR count). The molecule has 0 aliphatic heterocycles. The minimum Gasteiger partial charge on any atom is -0.388 e. The van der Waals surface area contributed by atoms with E-state index in [-0.39, 0.29) is 15.1 Å². The summed E-state index contributed by atoms with van der Waals surface area (Å²) in [6.45, 7) is 0. The summed E-state index contributed by atoms with van der Waals surface area (Å²) in [4.78, 5) is 4.11. The second kappa shape index (κ2) is 5.58. The first kappa shape index (κ1) is 13.8. The number of pyridine rings is 1. The van der Waals surface area contributed by atoms with E-state index in [1.54, 1.807) is 12.1 Å². The highest BCUT2D eigenvalue weighted by molar-refractivity contribution is 9.10. The number of halogens is 3. The van der Waals surface area contributed by atoms with E-state index in [1.807, 2.05) is 0 Å². The van der Waals surface area contributed by atoms with E-state index in [0.29, 0.717) is 11.4 Å². The Labute approximate surface area is 122 Å². The van der Waals surface area contributed by atoms with Crippen molar-refractivity contribution in [2.75, 3.05) is 5.32 Å². The molecule has 7 heteroatoms. The molecule has 0 spiro atoms. The van der Waals surface area contributed by atoms with E-state index < -0.39 is 11.6 Å². The van der Waals surface area contributed by atoms with Crippen molar-refractivity contribution >= 4 is 44.5 Å². The summed E-state index contributed by atoms with van der Waals surface area (Å²) in [5.41, 5.74) is 6.56. The zero-order valence-electron chi connectivity index (χ0n) is 9.45. The highest BCUT2D eigenvalue weighted by Gasteiger charge is 2.09. The smallest absolute Gasteiger partial charge is 0.149 e. The zero-order chi connectivity index (χ0) is 14.0. The zero-order valence-corrected chi connectivity index (χ0v) is 11.9. The number of hydrogen-bond donors (Lipinski definition) is 2. The van der Waals surface area contributed by atoms with Gasteiger partial charge in [-0.25, -0.2) is 8.78 Å². The molecule has 0 bridgehead atoms. The third kappa shape index (κ3) is 3.24. The van der Waals surface area contributed by atoms with Gasteiger partial charge in [0.25, 0.3) is 0 Å². The number of hydrogen-bond acceptors (Lipinski definition) is 3. The van der Waals surface area contributed by atoms with Gasteiger partial charge in [-0.1, -0.05) is 12.2 Å². The molecule has 0 saturated heterocycles. The van der Waals surface area contributed by atoms with Crippen molar-refractivity contribution in [3.63, 3.8) is 0 Å². The second-order valence-electron chi connectivity index (χ2n) is 3.67. The van der Waals surface area contributed by atoms with Crippen molar-refractivity contribution in [3.05, 3.63) is 52.3 Å². The number of rotatable bonds is 3. The van der Waals surface area contributed by atoms with Crippen molar-refractivity contribution in [2.24, 2.45) is 5.73 Å². The Morgan fingerprint density at radius 2 is 2.00 bits per heavy atom. The van der Waals surface area contributed by atoms with E-state index >= 15 is 0 Å². The molecule has 1 aromatic carbocycles. The lowest BCUT2D eigenvalue weighted by molar-refractivity contribution is 0.581. The maximum Gasteiger partial charge on any atom is 0.149 e. The fourth-order valence-electron chi connectivity index (χ4n) is 1.42. The van der Waals surface area contributed by atoms with Gasteiger partial charge in [0.2, 0.25) is 0 Å². The standard InChI is InChI=1S/C12H8BrF2N3S/c13-7-4-10(9(15)5-8(7)14)18-6-1-2-17-11(3-6)12(16)19/h1-5H,(H2,16,19)(H,17,18). The van der Waals surface area contributed by atoms with Crippen LogP contribution in [0.15, 0.2) is 34.9 Å². The van der Waals surface area contributed by atoms with Crippen LogP contribution in [0.25, 0.3) is 0 Å². The van der Waals surface area contributed by atoms with Crippen LogP contribution in [0.4, 0.5) is 20.2 Å². The molecule has 0 unspecified atom stereocenters. The van der Waals surface area contributed by atoms with Gasteiger partial charge >= 0.3 is 0 Å². The van der Waals surface area contributed by atoms with Crippen LogP contribution in [0.1, 0.15) is 5.69 Å². The molecule has 0 aliphatic rings. The summed E-state index contributed by atoms with van der Waals surface area (Å²) in [6.07, 6.45) is 1.49. The number of thiocarbonyl (C=S) groups is 1. The molecule has 3 N–H and O–H groups in total. The lowest BCUT2D eigenvalue weighted by Gasteiger charge is -2.09. The Kier molecular flexibility index (Phi) is 4.06. The summed E-state index contributed by atoms with van der Waals surface area (Å²) >= 11 is 7.80. The van der Waals surface area contributed by atoms with Crippen LogP contribution in [-0.4, -0.2) is 9.97 Å². The minimum absolute atomic E-state index is 0.133. The number of anilines is 2. The van der Waals surface area contributed by atoms with Gasteiger partial charge in [0.1, 0.15) is 16.6 Å². The molecule has 0 atom stereocenters. The van der Waals surface area contributed by atoms with Gasteiger partial charge in [0.15, 0.2) is 0 Å². The molecular weight excluding hydrogens is 336 g/mol. The lowest BCUT2D eigenvalue weighted by atomic mass is 10.2. The first-order valence-corrected chi connectivity index (χ1v) is 6.35. The van der Waals surface area contributed by atoms with Crippen LogP contribution < -0.4 is 11.1 Å². The molecule has 0 radical (unpaired) electrons. The van der Waals surface area contributed by atoms with Crippen molar-refractivity contribution in [2.45, 2.75) is 0 Å². The number of aromatic nitrogens is 1. The average molecular weight is 344 g/mol. The second-order valence-corrected chi connectivity index (χ2v) is 4.96. The fourth-order valence-corrected chi connectivity index (χ4v) is 1.87. The topological polar surface area (TPSA) is 50.9 Å².